The van der Waals surface area contributed by atoms with Crippen LogP contribution in [0, 0.1) is 5.82 Å². The SMILES string of the molecule is CCOC(=O)C(=O)OCCc1ccc(F)c(Cl)c1. The van der Waals surface area contributed by atoms with E-state index >= 15 is 0 Å². The van der Waals surface area contributed by atoms with Gasteiger partial charge < -0.3 is 9.47 Å². The molecule has 98 valence electrons. The van der Waals surface area contributed by atoms with Crippen LogP contribution in [0.4, 0.5) is 4.39 Å². The summed E-state index contributed by atoms with van der Waals surface area (Å²) < 4.78 is 22.0. The minimum atomic E-state index is -1.04. The van der Waals surface area contributed by atoms with Crippen molar-refractivity contribution >= 4 is 23.5 Å². The van der Waals surface area contributed by atoms with E-state index in [1.165, 1.54) is 18.2 Å². The van der Waals surface area contributed by atoms with E-state index in [1.54, 1.807) is 6.92 Å². The first-order valence-corrected chi connectivity index (χ1v) is 5.70. The third kappa shape index (κ3) is 4.33. The van der Waals surface area contributed by atoms with Crippen LogP contribution in [0.2, 0.25) is 5.02 Å². The second kappa shape index (κ2) is 6.96. The van der Waals surface area contributed by atoms with Gasteiger partial charge in [-0.1, -0.05) is 17.7 Å². The summed E-state index contributed by atoms with van der Waals surface area (Å²) in [7, 11) is 0. The van der Waals surface area contributed by atoms with E-state index in [-0.39, 0.29) is 18.2 Å². The second-order valence-corrected chi connectivity index (χ2v) is 3.76. The molecule has 18 heavy (non-hydrogen) atoms. The van der Waals surface area contributed by atoms with Gasteiger partial charge in [0.1, 0.15) is 5.82 Å². The highest BCUT2D eigenvalue weighted by Crippen LogP contribution is 2.16. The Balaban J connectivity index is 2.39. The summed E-state index contributed by atoms with van der Waals surface area (Å²) in [5.74, 6) is -2.57. The molecule has 0 saturated carbocycles. The van der Waals surface area contributed by atoms with Crippen LogP contribution < -0.4 is 0 Å². The zero-order valence-electron chi connectivity index (χ0n) is 9.74. The van der Waals surface area contributed by atoms with E-state index in [9.17, 15) is 14.0 Å². The number of carbonyl (C=O) groups is 2. The van der Waals surface area contributed by atoms with Crippen molar-refractivity contribution in [2.45, 2.75) is 13.3 Å². The molecule has 0 spiro atoms. The number of esters is 2. The highest BCUT2D eigenvalue weighted by atomic mass is 35.5. The normalized spacial score (nSPS) is 9.94. The standard InChI is InChI=1S/C12H12ClFO4/c1-2-17-11(15)12(16)18-6-5-8-3-4-10(14)9(13)7-8/h3-4,7H,2,5-6H2,1H3. The largest absolute Gasteiger partial charge is 0.458 e. The van der Waals surface area contributed by atoms with Crippen LogP contribution in [0.25, 0.3) is 0 Å². The number of rotatable bonds is 4. The first kappa shape index (κ1) is 14.4. The number of ether oxygens (including phenoxy) is 2. The second-order valence-electron chi connectivity index (χ2n) is 3.35. The van der Waals surface area contributed by atoms with E-state index in [2.05, 4.69) is 9.47 Å². The van der Waals surface area contributed by atoms with E-state index in [0.717, 1.165) is 0 Å². The lowest BCUT2D eigenvalue weighted by Crippen LogP contribution is -2.21. The summed E-state index contributed by atoms with van der Waals surface area (Å²) in [4.78, 5) is 22.0. The summed E-state index contributed by atoms with van der Waals surface area (Å²) in [6, 6.07) is 4.19. The molecule has 1 aromatic rings. The fourth-order valence-corrected chi connectivity index (χ4v) is 1.41. The molecule has 0 aliphatic heterocycles. The van der Waals surface area contributed by atoms with Gasteiger partial charge in [0.05, 0.1) is 18.2 Å². The zero-order valence-corrected chi connectivity index (χ0v) is 10.5. The Morgan fingerprint density at radius 2 is 1.94 bits per heavy atom. The van der Waals surface area contributed by atoms with Gasteiger partial charge in [-0.2, -0.15) is 0 Å². The number of carbonyl (C=O) groups excluding carboxylic acids is 2. The summed E-state index contributed by atoms with van der Waals surface area (Å²) in [6.07, 6.45) is 0.338. The van der Waals surface area contributed by atoms with Crippen LogP contribution in [0.15, 0.2) is 18.2 Å². The van der Waals surface area contributed by atoms with Crippen molar-refractivity contribution in [3.8, 4) is 0 Å². The molecule has 0 fully saturated rings. The van der Waals surface area contributed by atoms with Gasteiger partial charge in [0.15, 0.2) is 0 Å². The molecule has 0 radical (unpaired) electrons. The molecule has 1 rings (SSSR count). The van der Waals surface area contributed by atoms with Crippen molar-refractivity contribution in [3.63, 3.8) is 0 Å². The quantitative estimate of drug-likeness (QED) is 0.623. The number of benzene rings is 1. The average molecular weight is 275 g/mol. The number of halogens is 2. The molecule has 0 amide bonds. The van der Waals surface area contributed by atoms with Gasteiger partial charge in [-0.05, 0) is 24.6 Å². The predicted octanol–water partition coefficient (Wildman–Crippen LogP) is 2.13. The lowest BCUT2D eigenvalue weighted by molar-refractivity contribution is -0.167. The van der Waals surface area contributed by atoms with E-state index < -0.39 is 17.8 Å². The molecule has 0 aliphatic rings. The van der Waals surface area contributed by atoms with Crippen LogP contribution in [-0.2, 0) is 25.5 Å². The van der Waals surface area contributed by atoms with E-state index in [4.69, 9.17) is 11.6 Å². The van der Waals surface area contributed by atoms with Crippen molar-refractivity contribution in [2.24, 2.45) is 0 Å². The Morgan fingerprint density at radius 1 is 1.28 bits per heavy atom. The number of hydrogen-bond donors (Lipinski definition) is 0. The average Bonchev–Trinajstić information content (AvgIpc) is 2.34. The maximum absolute atomic E-state index is 12.9. The maximum Gasteiger partial charge on any atom is 0.417 e. The van der Waals surface area contributed by atoms with Gasteiger partial charge in [-0.25, -0.2) is 14.0 Å². The Morgan fingerprint density at radius 3 is 2.56 bits per heavy atom. The van der Waals surface area contributed by atoms with Crippen molar-refractivity contribution in [2.75, 3.05) is 13.2 Å². The van der Waals surface area contributed by atoms with Crippen molar-refractivity contribution in [1.82, 2.24) is 0 Å². The fraction of sp³-hybridized carbons (Fsp3) is 0.333. The molecule has 0 saturated heterocycles. The van der Waals surface area contributed by atoms with Gasteiger partial charge in [0, 0.05) is 6.42 Å². The topological polar surface area (TPSA) is 52.6 Å². The molecule has 0 N–H and O–H groups in total. The van der Waals surface area contributed by atoms with Gasteiger partial charge in [-0.3, -0.25) is 0 Å². The smallest absolute Gasteiger partial charge is 0.417 e. The van der Waals surface area contributed by atoms with Crippen molar-refractivity contribution in [1.29, 1.82) is 0 Å². The maximum atomic E-state index is 12.9. The van der Waals surface area contributed by atoms with Crippen LogP contribution in [-0.4, -0.2) is 25.2 Å². The third-order valence-electron chi connectivity index (χ3n) is 2.05. The summed E-state index contributed by atoms with van der Waals surface area (Å²) in [6.45, 7) is 1.70. The summed E-state index contributed by atoms with van der Waals surface area (Å²) in [5, 5.41) is 0.00391. The Bertz CT molecular complexity index is 448. The predicted molar refractivity (Wildman–Crippen MR) is 62.7 cm³/mol. The van der Waals surface area contributed by atoms with Gasteiger partial charge in [0.2, 0.25) is 0 Å². The molecule has 0 aromatic heterocycles. The van der Waals surface area contributed by atoms with Crippen LogP contribution >= 0.6 is 11.6 Å². The van der Waals surface area contributed by atoms with E-state index in [0.29, 0.717) is 12.0 Å². The molecule has 0 aliphatic carbocycles. The van der Waals surface area contributed by atoms with Crippen LogP contribution in [0.5, 0.6) is 0 Å². The first-order chi connectivity index (χ1) is 8.54. The first-order valence-electron chi connectivity index (χ1n) is 5.32. The lowest BCUT2D eigenvalue weighted by atomic mass is 10.1. The zero-order chi connectivity index (χ0) is 13.5. The fourth-order valence-electron chi connectivity index (χ4n) is 1.21. The van der Waals surface area contributed by atoms with Crippen LogP contribution in [0.3, 0.4) is 0 Å². The van der Waals surface area contributed by atoms with Gasteiger partial charge in [0.25, 0.3) is 0 Å². The molecule has 6 heteroatoms. The molecule has 0 bridgehead atoms. The van der Waals surface area contributed by atoms with Gasteiger partial charge in [-0.15, -0.1) is 0 Å². The minimum Gasteiger partial charge on any atom is -0.458 e. The van der Waals surface area contributed by atoms with Crippen LogP contribution in [0.1, 0.15) is 12.5 Å². The molecule has 0 unspecified atom stereocenters. The van der Waals surface area contributed by atoms with Gasteiger partial charge >= 0.3 is 11.9 Å². The molecule has 4 nitrogen and oxygen atoms in total. The Kier molecular flexibility index (Phi) is 5.58. The third-order valence-corrected chi connectivity index (χ3v) is 2.34. The minimum absolute atomic E-state index is 0.000388. The number of hydrogen-bond acceptors (Lipinski definition) is 4. The Hall–Kier alpha value is -1.62. The highest BCUT2D eigenvalue weighted by molar-refractivity contribution is 6.30. The molecular weight excluding hydrogens is 263 g/mol. The molecule has 1 aromatic carbocycles. The molecule has 0 atom stereocenters. The monoisotopic (exact) mass is 274 g/mol. The molecule has 0 heterocycles. The van der Waals surface area contributed by atoms with Crippen molar-refractivity contribution in [3.05, 3.63) is 34.6 Å². The van der Waals surface area contributed by atoms with E-state index in [1.807, 2.05) is 0 Å². The summed E-state index contributed by atoms with van der Waals surface area (Å²) >= 11 is 5.59. The lowest BCUT2D eigenvalue weighted by Gasteiger charge is -2.05. The van der Waals surface area contributed by atoms with Crippen molar-refractivity contribution < 1.29 is 23.5 Å². The highest BCUT2D eigenvalue weighted by Gasteiger charge is 2.16. The molecular formula is C12H12ClFO4. The Labute approximate surface area is 109 Å². The summed E-state index contributed by atoms with van der Waals surface area (Å²) in [5.41, 5.74) is 0.707.